The average Bonchev–Trinajstić information content (AvgIpc) is 3.74. The number of amidine groups is 2. The standard InChI is InChI=1S/C45H30N4S/c1-4-14-29(15-5-1)32-24-25-38-36(26-32)34-20-10-12-22-37(34)49(38)39-27-33(28-41-42(39)35-21-11-13-23-40(35)50-41)45-47-43(30-16-6-2-7-17-30)46-44(48-45)31-18-8-3-9-19-31/h1-28,43H,(H,46,47,48). The SMILES string of the molecule is c1ccc(C2=NC(c3ccccc3)NC(c3cc(-n4c5ccccc5c5cc(-c6ccccc6)ccc54)c4c(c3)sc3ccccc34)=N2)cc1. The molecule has 0 radical (unpaired) electrons. The number of benzene rings is 7. The highest BCUT2D eigenvalue weighted by molar-refractivity contribution is 7.26. The number of para-hydroxylation sites is 1. The Morgan fingerprint density at radius 3 is 1.96 bits per heavy atom. The van der Waals surface area contributed by atoms with Gasteiger partial charge in [-0.2, -0.15) is 0 Å². The third kappa shape index (κ3) is 4.74. The molecular weight excluding hydrogens is 629 g/mol. The molecular formula is C45H30N4S. The third-order valence-corrected chi connectivity index (χ3v) is 10.8. The van der Waals surface area contributed by atoms with Crippen molar-refractivity contribution in [1.29, 1.82) is 0 Å². The molecule has 236 valence electrons. The van der Waals surface area contributed by atoms with Crippen LogP contribution < -0.4 is 5.32 Å². The van der Waals surface area contributed by atoms with Crippen molar-refractivity contribution in [1.82, 2.24) is 9.88 Å². The summed E-state index contributed by atoms with van der Waals surface area (Å²) < 4.78 is 4.93. The van der Waals surface area contributed by atoms with Crippen LogP contribution in [0.15, 0.2) is 180 Å². The molecule has 7 aromatic carbocycles. The molecule has 0 saturated heterocycles. The minimum atomic E-state index is -0.273. The van der Waals surface area contributed by atoms with Crippen LogP contribution in [-0.2, 0) is 0 Å². The summed E-state index contributed by atoms with van der Waals surface area (Å²) in [6, 6.07) is 60.3. The average molecular weight is 659 g/mol. The lowest BCUT2D eigenvalue weighted by Crippen LogP contribution is -2.33. The van der Waals surface area contributed by atoms with Crippen LogP contribution >= 0.6 is 11.3 Å². The number of rotatable bonds is 5. The van der Waals surface area contributed by atoms with E-state index in [1.807, 2.05) is 35.6 Å². The van der Waals surface area contributed by atoms with Gasteiger partial charge in [0.05, 0.1) is 16.7 Å². The third-order valence-electron chi connectivity index (χ3n) is 9.64. The molecule has 0 aliphatic carbocycles. The van der Waals surface area contributed by atoms with E-state index >= 15 is 0 Å². The van der Waals surface area contributed by atoms with E-state index in [0.29, 0.717) is 0 Å². The Morgan fingerprint density at radius 1 is 0.500 bits per heavy atom. The number of nitrogens with zero attached hydrogens (tertiary/aromatic N) is 3. The Morgan fingerprint density at radius 2 is 1.16 bits per heavy atom. The summed E-state index contributed by atoms with van der Waals surface area (Å²) in [5, 5.41) is 8.68. The Hall–Kier alpha value is -6.30. The molecule has 50 heavy (non-hydrogen) atoms. The fourth-order valence-corrected chi connectivity index (χ4v) is 8.47. The normalized spacial score (nSPS) is 14.6. The first-order chi connectivity index (χ1) is 24.8. The highest BCUT2D eigenvalue weighted by Gasteiger charge is 2.24. The molecule has 1 unspecified atom stereocenters. The molecule has 1 aliphatic heterocycles. The maximum atomic E-state index is 5.20. The predicted molar refractivity (Wildman–Crippen MR) is 211 cm³/mol. The second kappa shape index (κ2) is 11.7. The van der Waals surface area contributed by atoms with Crippen molar-refractivity contribution in [2.75, 3.05) is 0 Å². The number of fused-ring (bicyclic) bond motifs is 6. The van der Waals surface area contributed by atoms with Gasteiger partial charge >= 0.3 is 0 Å². The largest absolute Gasteiger partial charge is 0.344 e. The number of aromatic nitrogens is 1. The minimum Gasteiger partial charge on any atom is -0.344 e. The molecule has 1 atom stereocenters. The maximum Gasteiger partial charge on any atom is 0.159 e. The second-order valence-corrected chi connectivity index (χ2v) is 13.7. The fraction of sp³-hybridized carbons (Fsp3) is 0.0222. The highest BCUT2D eigenvalue weighted by Crippen LogP contribution is 2.42. The molecule has 4 nitrogen and oxygen atoms in total. The van der Waals surface area contributed by atoms with Crippen LogP contribution in [0, 0.1) is 0 Å². The van der Waals surface area contributed by atoms with E-state index in [1.165, 1.54) is 53.1 Å². The van der Waals surface area contributed by atoms with Crippen LogP contribution in [0.3, 0.4) is 0 Å². The van der Waals surface area contributed by atoms with Gasteiger partial charge in [0.25, 0.3) is 0 Å². The maximum absolute atomic E-state index is 5.20. The molecule has 2 aromatic heterocycles. The molecule has 10 rings (SSSR count). The van der Waals surface area contributed by atoms with E-state index in [0.717, 1.165) is 34.0 Å². The van der Waals surface area contributed by atoms with Gasteiger partial charge in [-0.05, 0) is 53.1 Å². The number of nitrogens with one attached hydrogen (secondary N) is 1. The van der Waals surface area contributed by atoms with Gasteiger partial charge in [-0.15, -0.1) is 11.3 Å². The Labute approximate surface area is 293 Å². The Kier molecular flexibility index (Phi) is 6.71. The predicted octanol–water partition coefficient (Wildman–Crippen LogP) is 11.3. The minimum absolute atomic E-state index is 0.273. The van der Waals surface area contributed by atoms with E-state index in [-0.39, 0.29) is 6.17 Å². The van der Waals surface area contributed by atoms with Gasteiger partial charge in [-0.1, -0.05) is 133 Å². The van der Waals surface area contributed by atoms with Crippen molar-refractivity contribution in [2.45, 2.75) is 6.17 Å². The van der Waals surface area contributed by atoms with Gasteiger partial charge in [0.1, 0.15) is 12.0 Å². The molecule has 0 bridgehead atoms. The monoisotopic (exact) mass is 658 g/mol. The summed E-state index contributed by atoms with van der Waals surface area (Å²) in [6.45, 7) is 0. The fourth-order valence-electron chi connectivity index (χ4n) is 7.31. The smallest absolute Gasteiger partial charge is 0.159 e. The quantitative estimate of drug-likeness (QED) is 0.196. The van der Waals surface area contributed by atoms with Gasteiger partial charge in [0, 0.05) is 42.1 Å². The van der Waals surface area contributed by atoms with Crippen molar-refractivity contribution in [3.8, 4) is 16.8 Å². The van der Waals surface area contributed by atoms with Crippen LogP contribution in [0.5, 0.6) is 0 Å². The van der Waals surface area contributed by atoms with Gasteiger partial charge in [0.2, 0.25) is 0 Å². The summed E-state index contributed by atoms with van der Waals surface area (Å²) in [5.74, 6) is 1.52. The topological polar surface area (TPSA) is 41.7 Å². The molecule has 5 heteroatoms. The summed E-state index contributed by atoms with van der Waals surface area (Å²) in [5.41, 5.74) is 9.01. The van der Waals surface area contributed by atoms with Crippen LogP contribution in [-0.4, -0.2) is 16.2 Å². The highest BCUT2D eigenvalue weighted by atomic mass is 32.1. The van der Waals surface area contributed by atoms with Crippen LogP contribution in [0.1, 0.15) is 22.9 Å². The Balaban J connectivity index is 1.24. The number of hydrogen-bond acceptors (Lipinski definition) is 4. The molecule has 0 saturated carbocycles. The Bertz CT molecular complexity index is 2780. The van der Waals surface area contributed by atoms with Gasteiger partial charge in [-0.25, -0.2) is 9.98 Å². The lowest BCUT2D eigenvalue weighted by atomic mass is 10.0. The zero-order valence-electron chi connectivity index (χ0n) is 27.0. The van der Waals surface area contributed by atoms with E-state index in [4.69, 9.17) is 9.98 Å². The zero-order valence-corrected chi connectivity index (χ0v) is 27.8. The summed E-state index contributed by atoms with van der Waals surface area (Å²) >= 11 is 1.83. The van der Waals surface area contributed by atoms with Crippen molar-refractivity contribution >= 4 is 65.0 Å². The van der Waals surface area contributed by atoms with Gasteiger partial charge in [-0.3, -0.25) is 0 Å². The lowest BCUT2D eigenvalue weighted by molar-refractivity contribution is 0.674. The van der Waals surface area contributed by atoms with E-state index in [9.17, 15) is 0 Å². The van der Waals surface area contributed by atoms with E-state index < -0.39 is 0 Å². The summed E-state index contributed by atoms with van der Waals surface area (Å²) in [7, 11) is 0. The lowest BCUT2D eigenvalue weighted by Gasteiger charge is -2.24. The summed E-state index contributed by atoms with van der Waals surface area (Å²) in [6.07, 6.45) is -0.273. The van der Waals surface area contributed by atoms with Crippen LogP contribution in [0.25, 0.3) is 58.8 Å². The number of aliphatic imine (C=N–C) groups is 2. The van der Waals surface area contributed by atoms with Crippen molar-refractivity contribution in [3.05, 3.63) is 187 Å². The molecule has 0 spiro atoms. The first-order valence-corrected chi connectivity index (χ1v) is 17.7. The van der Waals surface area contributed by atoms with Crippen molar-refractivity contribution < 1.29 is 0 Å². The van der Waals surface area contributed by atoms with E-state index in [1.54, 1.807) is 0 Å². The molecule has 1 aliphatic rings. The van der Waals surface area contributed by atoms with Crippen molar-refractivity contribution in [3.63, 3.8) is 0 Å². The first-order valence-electron chi connectivity index (χ1n) is 16.9. The first kappa shape index (κ1) is 28.7. The van der Waals surface area contributed by atoms with Crippen molar-refractivity contribution in [2.24, 2.45) is 9.98 Å². The number of thiophene rings is 1. The second-order valence-electron chi connectivity index (χ2n) is 12.7. The number of hydrogen-bond donors (Lipinski definition) is 1. The molecule has 9 aromatic rings. The van der Waals surface area contributed by atoms with Gasteiger partial charge < -0.3 is 9.88 Å². The van der Waals surface area contributed by atoms with Crippen LogP contribution in [0.2, 0.25) is 0 Å². The molecule has 3 heterocycles. The molecule has 0 fully saturated rings. The zero-order chi connectivity index (χ0) is 33.0. The van der Waals surface area contributed by atoms with Crippen LogP contribution in [0.4, 0.5) is 0 Å². The summed E-state index contributed by atoms with van der Waals surface area (Å²) in [4.78, 5) is 10.3. The van der Waals surface area contributed by atoms with Gasteiger partial charge in [0.15, 0.2) is 5.84 Å². The molecule has 0 amide bonds. The molecule has 1 N–H and O–H groups in total. The van der Waals surface area contributed by atoms with E-state index in [2.05, 4.69) is 155 Å².